The summed E-state index contributed by atoms with van der Waals surface area (Å²) in [6.45, 7) is 7.19. The van der Waals surface area contributed by atoms with Gasteiger partial charge in [-0.15, -0.1) is 0 Å². The van der Waals surface area contributed by atoms with Crippen LogP contribution in [0.15, 0.2) is 61.7 Å². The lowest BCUT2D eigenvalue weighted by Crippen LogP contribution is -2.56. The molecule has 2 aromatic heterocycles. The maximum absolute atomic E-state index is 14.1. The second-order valence-electron chi connectivity index (χ2n) is 12.7. The zero-order chi connectivity index (χ0) is 33.4. The van der Waals surface area contributed by atoms with Gasteiger partial charge in [0.25, 0.3) is 5.91 Å². The normalized spacial score (nSPS) is 21.3. The number of anilines is 2. The maximum Gasteiger partial charge on any atom is 0.318 e. The lowest BCUT2D eigenvalue weighted by atomic mass is 10.0. The van der Waals surface area contributed by atoms with Crippen LogP contribution in [0.25, 0.3) is 16.5 Å². The number of carbonyl (C=O) groups is 1. The maximum atomic E-state index is 14.1. The number of likely N-dealkylation sites (N-methyl/N-ethyl adjacent to an activating group) is 1. The number of halogens is 2. The molecule has 0 spiro atoms. The highest BCUT2D eigenvalue weighted by Gasteiger charge is 2.36. The Kier molecular flexibility index (Phi) is 8.90. The van der Waals surface area contributed by atoms with Crippen molar-refractivity contribution < 1.29 is 13.9 Å². The molecule has 3 atom stereocenters. The van der Waals surface area contributed by atoms with E-state index in [0.717, 1.165) is 40.1 Å². The molecule has 11 nitrogen and oxygen atoms in total. The van der Waals surface area contributed by atoms with Gasteiger partial charge in [0, 0.05) is 67.8 Å². The van der Waals surface area contributed by atoms with E-state index < -0.39 is 6.17 Å². The van der Waals surface area contributed by atoms with Crippen molar-refractivity contribution in [2.24, 2.45) is 0 Å². The predicted octanol–water partition coefficient (Wildman–Crippen LogP) is 4.57. The number of amides is 1. The molecule has 2 aromatic carbocycles. The van der Waals surface area contributed by atoms with Crippen molar-refractivity contribution in [2.45, 2.75) is 44.1 Å². The molecule has 0 unspecified atom stereocenters. The topological polar surface area (TPSA) is 107 Å². The summed E-state index contributed by atoms with van der Waals surface area (Å²) < 4.78 is 21.9. The molecule has 0 N–H and O–H groups in total. The summed E-state index contributed by atoms with van der Waals surface area (Å²) >= 11 is 6.71. The molecule has 0 aliphatic carbocycles. The van der Waals surface area contributed by atoms with Crippen LogP contribution in [-0.2, 0) is 17.8 Å². The van der Waals surface area contributed by atoms with Crippen LogP contribution in [0.4, 0.5) is 15.9 Å². The Morgan fingerprint density at radius 2 is 1.96 bits per heavy atom. The van der Waals surface area contributed by atoms with E-state index in [2.05, 4.69) is 45.6 Å². The summed E-state index contributed by atoms with van der Waals surface area (Å²) in [4.78, 5) is 35.5. The van der Waals surface area contributed by atoms with E-state index in [0.29, 0.717) is 50.6 Å². The highest BCUT2D eigenvalue weighted by Crippen LogP contribution is 2.37. The number of nitriles is 1. The van der Waals surface area contributed by atoms with Gasteiger partial charge in [0.15, 0.2) is 0 Å². The molecule has 0 saturated carbocycles. The molecular formula is C35H37ClFN9O2. The van der Waals surface area contributed by atoms with Crippen molar-refractivity contribution in [3.8, 4) is 12.1 Å². The van der Waals surface area contributed by atoms with E-state index >= 15 is 0 Å². The van der Waals surface area contributed by atoms with Gasteiger partial charge in [0.2, 0.25) is 0 Å². The number of rotatable bonds is 8. The second kappa shape index (κ2) is 13.4. The number of imidazole rings is 1. The molecule has 0 bridgehead atoms. The van der Waals surface area contributed by atoms with Gasteiger partial charge < -0.3 is 24.0 Å². The van der Waals surface area contributed by atoms with Gasteiger partial charge in [-0.05, 0) is 37.4 Å². The molecule has 2 fully saturated rings. The molecule has 7 rings (SSSR count). The Hall–Kier alpha value is -4.73. The van der Waals surface area contributed by atoms with E-state index in [1.54, 1.807) is 21.9 Å². The number of piperazine rings is 1. The lowest BCUT2D eigenvalue weighted by Gasteiger charge is -2.42. The van der Waals surface area contributed by atoms with Crippen molar-refractivity contribution in [1.29, 1.82) is 5.26 Å². The number of ether oxygens (including phenoxy) is 1. The zero-order valence-corrected chi connectivity index (χ0v) is 27.6. The molecule has 3 aliphatic heterocycles. The minimum atomic E-state index is -0.884. The van der Waals surface area contributed by atoms with Gasteiger partial charge >= 0.3 is 6.01 Å². The van der Waals surface area contributed by atoms with E-state index in [1.807, 2.05) is 30.1 Å². The Bertz CT molecular complexity index is 1870. The smallest absolute Gasteiger partial charge is 0.318 e. The fourth-order valence-corrected chi connectivity index (χ4v) is 7.41. The first-order valence-electron chi connectivity index (χ1n) is 16.2. The SMILES string of the molecule is C=C(C(=O)N1CCN(c2nc(OC[C@@H]3C[C@@H](F)CN3C)nc3c2CCN(c2cccc4cccc(Cl)c24)C3)C[C@@H]1CC#N)n1ccnc1. The average Bonchev–Trinajstić information content (AvgIpc) is 3.75. The molecule has 5 heterocycles. The molecule has 248 valence electrons. The van der Waals surface area contributed by atoms with Crippen molar-refractivity contribution in [3.05, 3.63) is 78.0 Å². The Balaban J connectivity index is 1.20. The fourth-order valence-electron chi connectivity index (χ4n) is 7.13. The summed E-state index contributed by atoms with van der Waals surface area (Å²) in [7, 11) is 1.90. The highest BCUT2D eigenvalue weighted by atomic mass is 35.5. The zero-order valence-electron chi connectivity index (χ0n) is 26.8. The summed E-state index contributed by atoms with van der Waals surface area (Å²) in [5.74, 6) is 0.509. The molecule has 3 aliphatic rings. The van der Waals surface area contributed by atoms with Gasteiger partial charge in [0.05, 0.1) is 42.1 Å². The van der Waals surface area contributed by atoms with Gasteiger partial charge in [-0.2, -0.15) is 15.2 Å². The van der Waals surface area contributed by atoms with Crippen LogP contribution < -0.4 is 14.5 Å². The number of fused-ring (bicyclic) bond motifs is 2. The molecule has 2 saturated heterocycles. The fraction of sp³-hybridized carbons (Fsp3) is 0.400. The second-order valence-corrected chi connectivity index (χ2v) is 13.1. The number of hydrogen-bond acceptors (Lipinski definition) is 9. The summed E-state index contributed by atoms with van der Waals surface area (Å²) in [5, 5.41) is 12.5. The number of benzene rings is 2. The van der Waals surface area contributed by atoms with Gasteiger partial charge in [0.1, 0.15) is 24.3 Å². The minimum Gasteiger partial charge on any atom is -0.462 e. The van der Waals surface area contributed by atoms with Gasteiger partial charge in [-0.1, -0.05) is 42.4 Å². The van der Waals surface area contributed by atoms with Crippen molar-refractivity contribution in [3.63, 3.8) is 0 Å². The molecule has 4 aromatic rings. The predicted molar refractivity (Wildman–Crippen MR) is 183 cm³/mol. The highest BCUT2D eigenvalue weighted by molar-refractivity contribution is 6.36. The molecular weight excluding hydrogens is 633 g/mol. The van der Waals surface area contributed by atoms with Crippen LogP contribution in [-0.4, -0.2) is 99.9 Å². The quantitative estimate of drug-likeness (QED) is 0.250. The Labute approximate surface area is 283 Å². The van der Waals surface area contributed by atoms with Crippen molar-refractivity contribution in [2.75, 3.05) is 56.2 Å². The number of alkyl halides is 1. The molecule has 13 heteroatoms. The van der Waals surface area contributed by atoms with E-state index in [-0.39, 0.29) is 42.7 Å². The van der Waals surface area contributed by atoms with Gasteiger partial charge in [-0.3, -0.25) is 9.69 Å². The average molecular weight is 670 g/mol. The third-order valence-electron chi connectivity index (χ3n) is 9.67. The number of aromatic nitrogens is 4. The first-order valence-corrected chi connectivity index (χ1v) is 16.6. The number of hydrogen-bond donors (Lipinski definition) is 0. The Morgan fingerprint density at radius 3 is 2.71 bits per heavy atom. The first kappa shape index (κ1) is 31.8. The largest absolute Gasteiger partial charge is 0.462 e. The van der Waals surface area contributed by atoms with E-state index in [4.69, 9.17) is 26.3 Å². The monoisotopic (exact) mass is 669 g/mol. The van der Waals surface area contributed by atoms with Gasteiger partial charge in [-0.25, -0.2) is 9.37 Å². The van der Waals surface area contributed by atoms with Crippen LogP contribution in [0, 0.1) is 11.3 Å². The van der Waals surface area contributed by atoms with Crippen molar-refractivity contribution >= 4 is 45.5 Å². The molecule has 1 amide bonds. The van der Waals surface area contributed by atoms with Crippen molar-refractivity contribution in [1.82, 2.24) is 29.3 Å². The first-order chi connectivity index (χ1) is 23.3. The lowest BCUT2D eigenvalue weighted by molar-refractivity contribution is -0.128. The summed E-state index contributed by atoms with van der Waals surface area (Å²) in [6.07, 6.45) is 5.17. The van der Waals surface area contributed by atoms with Crippen LogP contribution in [0.1, 0.15) is 24.1 Å². The molecule has 48 heavy (non-hydrogen) atoms. The summed E-state index contributed by atoms with van der Waals surface area (Å²) in [5.41, 5.74) is 3.18. The third kappa shape index (κ3) is 6.16. The van der Waals surface area contributed by atoms with Crippen LogP contribution in [0.5, 0.6) is 6.01 Å². The Morgan fingerprint density at radius 1 is 1.12 bits per heavy atom. The van der Waals surface area contributed by atoms with E-state index in [1.165, 1.54) is 6.33 Å². The summed E-state index contributed by atoms with van der Waals surface area (Å²) in [6, 6.07) is 14.2. The standard InChI is InChI=1S/C35H37ClFN9O2/c1-23(45-14-12-39-22-45)34(47)46-16-15-44(19-26(46)9-11-38)33-28-10-13-43(31-8-4-6-24-5-3-7-29(36)32(24)31)20-30(28)40-35(41-33)48-21-27-17-25(37)18-42(27)2/h3-8,12,14,22,25-27H,1,9-10,13,15-21H2,2H3/t25-,26+,27+/m1/s1. The van der Waals surface area contributed by atoms with Crippen LogP contribution in [0.3, 0.4) is 0 Å². The number of nitrogens with zero attached hydrogens (tertiary/aromatic N) is 9. The minimum absolute atomic E-state index is 0.0735. The van der Waals surface area contributed by atoms with E-state index in [9.17, 15) is 14.4 Å². The number of carbonyl (C=O) groups excluding carboxylic acids is 1. The molecule has 0 radical (unpaired) electrons. The van der Waals surface area contributed by atoms with Crippen LogP contribution >= 0.6 is 11.6 Å². The number of likely N-dealkylation sites (tertiary alicyclic amines) is 1. The third-order valence-corrected chi connectivity index (χ3v) is 9.99. The van der Waals surface area contributed by atoms with Crippen LogP contribution in [0.2, 0.25) is 5.02 Å².